The normalized spacial score (nSPS) is 17.2. The third-order valence-electron chi connectivity index (χ3n) is 2.34. The molecule has 1 aliphatic heterocycles. The second kappa shape index (κ2) is 5.84. The van der Waals surface area contributed by atoms with Gasteiger partial charge in [0.1, 0.15) is 0 Å². The molecular weight excluding hydrogens is 166 g/mol. The molecule has 0 aromatic heterocycles. The Morgan fingerprint density at radius 2 is 2.00 bits per heavy atom. The minimum absolute atomic E-state index is 0.117. The molecule has 0 spiro atoms. The molecule has 1 saturated heterocycles. The standard InChI is InChI=1S/C10H19NO2/c1-2-3-9-13-10(12)11-7-5-4-6-8-11/h2-9H2,1H3. The van der Waals surface area contributed by atoms with Crippen LogP contribution in [0.2, 0.25) is 0 Å². The Morgan fingerprint density at radius 3 is 2.62 bits per heavy atom. The summed E-state index contributed by atoms with van der Waals surface area (Å²) in [6.45, 7) is 4.43. The first-order valence-corrected chi connectivity index (χ1v) is 5.26. The number of amides is 1. The fraction of sp³-hybridized carbons (Fsp3) is 0.900. The van der Waals surface area contributed by atoms with Crippen LogP contribution < -0.4 is 0 Å². The molecule has 1 aliphatic rings. The molecule has 0 saturated carbocycles. The fourth-order valence-electron chi connectivity index (χ4n) is 1.47. The van der Waals surface area contributed by atoms with Gasteiger partial charge in [0.2, 0.25) is 0 Å². The molecule has 3 heteroatoms. The van der Waals surface area contributed by atoms with E-state index in [0.29, 0.717) is 6.61 Å². The van der Waals surface area contributed by atoms with Crippen molar-refractivity contribution in [2.75, 3.05) is 19.7 Å². The van der Waals surface area contributed by atoms with Gasteiger partial charge in [-0.2, -0.15) is 0 Å². The van der Waals surface area contributed by atoms with E-state index in [0.717, 1.165) is 38.8 Å². The molecule has 3 nitrogen and oxygen atoms in total. The van der Waals surface area contributed by atoms with Gasteiger partial charge < -0.3 is 9.64 Å². The maximum atomic E-state index is 11.4. The lowest BCUT2D eigenvalue weighted by Gasteiger charge is -2.25. The average Bonchev–Trinajstić information content (AvgIpc) is 2.19. The number of likely N-dealkylation sites (tertiary alicyclic amines) is 1. The first-order chi connectivity index (χ1) is 6.34. The van der Waals surface area contributed by atoms with Crippen LogP contribution in [0.1, 0.15) is 39.0 Å². The molecule has 1 amide bonds. The lowest BCUT2D eigenvalue weighted by atomic mass is 10.1. The number of piperidine rings is 1. The van der Waals surface area contributed by atoms with Crippen LogP contribution in [0.15, 0.2) is 0 Å². The van der Waals surface area contributed by atoms with Crippen LogP contribution in [0.5, 0.6) is 0 Å². The first-order valence-electron chi connectivity index (χ1n) is 5.26. The lowest BCUT2D eigenvalue weighted by Crippen LogP contribution is -2.36. The number of ether oxygens (including phenoxy) is 1. The zero-order valence-electron chi connectivity index (χ0n) is 8.42. The highest BCUT2D eigenvalue weighted by atomic mass is 16.6. The maximum Gasteiger partial charge on any atom is 0.409 e. The fourth-order valence-corrected chi connectivity index (χ4v) is 1.47. The number of rotatable bonds is 3. The molecule has 0 radical (unpaired) electrons. The summed E-state index contributed by atoms with van der Waals surface area (Å²) in [5.74, 6) is 0. The topological polar surface area (TPSA) is 29.5 Å². The Balaban J connectivity index is 2.13. The average molecular weight is 185 g/mol. The summed E-state index contributed by atoms with van der Waals surface area (Å²) in [7, 11) is 0. The Kier molecular flexibility index (Phi) is 4.65. The molecule has 1 fully saturated rings. The van der Waals surface area contributed by atoms with Crippen molar-refractivity contribution < 1.29 is 9.53 Å². The zero-order valence-corrected chi connectivity index (χ0v) is 8.42. The van der Waals surface area contributed by atoms with Crippen molar-refractivity contribution in [1.82, 2.24) is 4.90 Å². The highest BCUT2D eigenvalue weighted by molar-refractivity contribution is 5.67. The SMILES string of the molecule is CCCCOC(=O)N1CCCCC1. The Hall–Kier alpha value is -0.730. The predicted molar refractivity (Wildman–Crippen MR) is 51.7 cm³/mol. The van der Waals surface area contributed by atoms with E-state index in [2.05, 4.69) is 6.92 Å². The Morgan fingerprint density at radius 1 is 1.31 bits per heavy atom. The summed E-state index contributed by atoms with van der Waals surface area (Å²) >= 11 is 0. The molecule has 76 valence electrons. The molecule has 1 rings (SSSR count). The molecule has 0 aromatic rings. The third kappa shape index (κ3) is 3.66. The summed E-state index contributed by atoms with van der Waals surface area (Å²) in [6, 6.07) is 0. The van der Waals surface area contributed by atoms with Gasteiger partial charge in [0, 0.05) is 13.1 Å². The highest BCUT2D eigenvalue weighted by Crippen LogP contribution is 2.09. The van der Waals surface area contributed by atoms with E-state index in [9.17, 15) is 4.79 Å². The molecule has 1 heterocycles. The van der Waals surface area contributed by atoms with E-state index in [1.807, 2.05) is 4.90 Å². The van der Waals surface area contributed by atoms with Gasteiger partial charge in [-0.15, -0.1) is 0 Å². The minimum atomic E-state index is -0.117. The largest absolute Gasteiger partial charge is 0.449 e. The van der Waals surface area contributed by atoms with Crippen molar-refractivity contribution in [2.24, 2.45) is 0 Å². The summed E-state index contributed by atoms with van der Waals surface area (Å²) < 4.78 is 5.11. The van der Waals surface area contributed by atoms with Crippen molar-refractivity contribution in [3.05, 3.63) is 0 Å². The summed E-state index contributed by atoms with van der Waals surface area (Å²) in [6.07, 6.45) is 5.44. The number of hydrogen-bond acceptors (Lipinski definition) is 2. The maximum absolute atomic E-state index is 11.4. The Labute approximate surface area is 80.1 Å². The van der Waals surface area contributed by atoms with Gasteiger partial charge in [0.05, 0.1) is 6.61 Å². The number of unbranched alkanes of at least 4 members (excludes halogenated alkanes) is 1. The third-order valence-corrected chi connectivity index (χ3v) is 2.34. The van der Waals surface area contributed by atoms with Gasteiger partial charge >= 0.3 is 6.09 Å². The molecule has 0 bridgehead atoms. The smallest absolute Gasteiger partial charge is 0.409 e. The monoisotopic (exact) mass is 185 g/mol. The van der Waals surface area contributed by atoms with Crippen molar-refractivity contribution >= 4 is 6.09 Å². The summed E-state index contributed by atoms with van der Waals surface area (Å²) in [5.41, 5.74) is 0. The number of nitrogens with zero attached hydrogens (tertiary/aromatic N) is 1. The van der Waals surface area contributed by atoms with Crippen LogP contribution >= 0.6 is 0 Å². The van der Waals surface area contributed by atoms with Gasteiger partial charge in [-0.3, -0.25) is 0 Å². The Bertz CT molecular complexity index is 153. The van der Waals surface area contributed by atoms with Crippen molar-refractivity contribution in [1.29, 1.82) is 0 Å². The predicted octanol–water partition coefficient (Wildman–Crippen LogP) is 2.41. The van der Waals surface area contributed by atoms with Crippen LogP contribution in [-0.4, -0.2) is 30.7 Å². The van der Waals surface area contributed by atoms with E-state index in [1.54, 1.807) is 0 Å². The number of carbonyl (C=O) groups is 1. The van der Waals surface area contributed by atoms with Gasteiger partial charge in [0.15, 0.2) is 0 Å². The van der Waals surface area contributed by atoms with E-state index in [-0.39, 0.29) is 6.09 Å². The minimum Gasteiger partial charge on any atom is -0.449 e. The number of hydrogen-bond donors (Lipinski definition) is 0. The van der Waals surface area contributed by atoms with E-state index in [4.69, 9.17) is 4.74 Å². The zero-order chi connectivity index (χ0) is 9.52. The van der Waals surface area contributed by atoms with Crippen LogP contribution in [0.4, 0.5) is 4.79 Å². The molecule has 0 aromatic carbocycles. The van der Waals surface area contributed by atoms with Crippen LogP contribution in [-0.2, 0) is 4.74 Å². The van der Waals surface area contributed by atoms with Gasteiger partial charge in [-0.05, 0) is 25.7 Å². The highest BCUT2D eigenvalue weighted by Gasteiger charge is 2.16. The van der Waals surface area contributed by atoms with Crippen molar-refractivity contribution in [3.63, 3.8) is 0 Å². The van der Waals surface area contributed by atoms with Gasteiger partial charge in [-0.25, -0.2) is 4.79 Å². The van der Waals surface area contributed by atoms with Crippen LogP contribution in [0, 0.1) is 0 Å². The van der Waals surface area contributed by atoms with E-state index < -0.39 is 0 Å². The van der Waals surface area contributed by atoms with E-state index in [1.165, 1.54) is 6.42 Å². The van der Waals surface area contributed by atoms with E-state index >= 15 is 0 Å². The summed E-state index contributed by atoms with van der Waals surface area (Å²) in [5, 5.41) is 0. The van der Waals surface area contributed by atoms with Crippen LogP contribution in [0.25, 0.3) is 0 Å². The molecule has 0 N–H and O–H groups in total. The molecule has 13 heavy (non-hydrogen) atoms. The molecule has 0 unspecified atom stereocenters. The lowest BCUT2D eigenvalue weighted by molar-refractivity contribution is 0.0941. The summed E-state index contributed by atoms with van der Waals surface area (Å²) in [4.78, 5) is 13.2. The van der Waals surface area contributed by atoms with Gasteiger partial charge in [-0.1, -0.05) is 13.3 Å². The quantitative estimate of drug-likeness (QED) is 0.632. The van der Waals surface area contributed by atoms with Crippen LogP contribution in [0.3, 0.4) is 0 Å². The second-order valence-electron chi connectivity index (χ2n) is 3.52. The molecule has 0 aliphatic carbocycles. The van der Waals surface area contributed by atoms with Crippen molar-refractivity contribution in [3.8, 4) is 0 Å². The van der Waals surface area contributed by atoms with Gasteiger partial charge in [0.25, 0.3) is 0 Å². The number of carbonyl (C=O) groups excluding carboxylic acids is 1. The van der Waals surface area contributed by atoms with Crippen molar-refractivity contribution in [2.45, 2.75) is 39.0 Å². The second-order valence-corrected chi connectivity index (χ2v) is 3.52. The molecular formula is C10H19NO2. The first kappa shape index (κ1) is 10.4. The molecule has 0 atom stereocenters.